The first-order chi connectivity index (χ1) is 11.4. The van der Waals surface area contributed by atoms with E-state index in [2.05, 4.69) is 41.0 Å². The summed E-state index contributed by atoms with van der Waals surface area (Å²) in [5.41, 5.74) is 1.93. The summed E-state index contributed by atoms with van der Waals surface area (Å²) in [6, 6.07) is 12.4. The molecule has 1 aromatic rings. The Kier molecular flexibility index (Phi) is 6.20. The summed E-state index contributed by atoms with van der Waals surface area (Å²) in [5, 5.41) is 7.66. The molecule has 0 amide bonds. The smallest absolute Gasteiger partial charge is 0.0623 e. The minimum atomic E-state index is 0. The standard InChI is InChI=1S/C20H30N2O.ClH/c1-2-6-16(7-3-1)20(10-5-11-20)15-22-18-9-4-8-17(18)19-14-23-13-12-21-19;/h1-3,6-7,17-19,21-22H,4-5,8-15H2;1H. The molecule has 4 heteroatoms. The van der Waals surface area contributed by atoms with Crippen LogP contribution in [0.25, 0.3) is 0 Å². The van der Waals surface area contributed by atoms with E-state index < -0.39 is 0 Å². The molecule has 0 spiro atoms. The van der Waals surface area contributed by atoms with E-state index in [0.717, 1.165) is 32.2 Å². The molecule has 3 aliphatic rings. The zero-order valence-electron chi connectivity index (χ0n) is 14.5. The van der Waals surface area contributed by atoms with Crippen molar-refractivity contribution in [2.75, 3.05) is 26.3 Å². The molecule has 2 saturated carbocycles. The van der Waals surface area contributed by atoms with Gasteiger partial charge in [-0.05, 0) is 37.2 Å². The summed E-state index contributed by atoms with van der Waals surface area (Å²) in [6.45, 7) is 3.93. The highest BCUT2D eigenvalue weighted by Gasteiger charge is 2.41. The lowest BCUT2D eigenvalue weighted by molar-refractivity contribution is 0.0515. The summed E-state index contributed by atoms with van der Waals surface area (Å²) in [4.78, 5) is 0. The predicted octanol–water partition coefficient (Wildman–Crippen LogP) is 3.28. The van der Waals surface area contributed by atoms with Gasteiger partial charge in [-0.2, -0.15) is 0 Å². The Bertz CT molecular complexity index is 500. The van der Waals surface area contributed by atoms with Crippen LogP contribution in [0.3, 0.4) is 0 Å². The van der Waals surface area contributed by atoms with Crippen molar-refractivity contribution in [3.63, 3.8) is 0 Å². The molecule has 134 valence electrons. The highest BCUT2D eigenvalue weighted by Crippen LogP contribution is 2.43. The number of halogens is 1. The number of hydrogen-bond donors (Lipinski definition) is 2. The van der Waals surface area contributed by atoms with Gasteiger partial charge in [0.15, 0.2) is 0 Å². The molecule has 3 unspecified atom stereocenters. The van der Waals surface area contributed by atoms with Gasteiger partial charge in [0.05, 0.1) is 13.2 Å². The van der Waals surface area contributed by atoms with Crippen molar-refractivity contribution in [2.24, 2.45) is 5.92 Å². The molecule has 2 N–H and O–H groups in total. The molecule has 1 aromatic carbocycles. The normalized spacial score (nSPS) is 31.9. The number of rotatable bonds is 5. The maximum Gasteiger partial charge on any atom is 0.0623 e. The van der Waals surface area contributed by atoms with Gasteiger partial charge in [-0.1, -0.05) is 43.2 Å². The van der Waals surface area contributed by atoms with E-state index >= 15 is 0 Å². The molecule has 0 bridgehead atoms. The minimum Gasteiger partial charge on any atom is -0.379 e. The molecule has 2 aliphatic carbocycles. The Morgan fingerprint density at radius 2 is 1.96 bits per heavy atom. The minimum absolute atomic E-state index is 0. The first kappa shape index (κ1) is 18.2. The van der Waals surface area contributed by atoms with Crippen molar-refractivity contribution in [1.82, 2.24) is 10.6 Å². The molecule has 4 rings (SSSR count). The maximum atomic E-state index is 5.70. The fraction of sp³-hybridized carbons (Fsp3) is 0.700. The predicted molar refractivity (Wildman–Crippen MR) is 101 cm³/mol. The molecular formula is C20H31ClN2O. The van der Waals surface area contributed by atoms with Gasteiger partial charge in [0, 0.05) is 30.6 Å². The SMILES string of the molecule is Cl.c1ccc(C2(CNC3CCCC3C3COCCN3)CCC2)cc1. The second-order valence-electron chi connectivity index (χ2n) is 7.72. The van der Waals surface area contributed by atoms with Crippen LogP contribution in [0, 0.1) is 5.92 Å². The van der Waals surface area contributed by atoms with Crippen LogP contribution in [0.5, 0.6) is 0 Å². The van der Waals surface area contributed by atoms with E-state index in [-0.39, 0.29) is 12.4 Å². The van der Waals surface area contributed by atoms with E-state index in [1.807, 2.05) is 0 Å². The van der Waals surface area contributed by atoms with Gasteiger partial charge < -0.3 is 15.4 Å². The van der Waals surface area contributed by atoms with Crippen LogP contribution in [-0.4, -0.2) is 38.4 Å². The highest BCUT2D eigenvalue weighted by atomic mass is 35.5. The van der Waals surface area contributed by atoms with Crippen molar-refractivity contribution in [3.8, 4) is 0 Å². The van der Waals surface area contributed by atoms with Crippen LogP contribution in [0.1, 0.15) is 44.1 Å². The van der Waals surface area contributed by atoms with Gasteiger partial charge in [-0.25, -0.2) is 0 Å². The molecule has 1 heterocycles. The summed E-state index contributed by atoms with van der Waals surface area (Å²) in [7, 11) is 0. The van der Waals surface area contributed by atoms with Gasteiger partial charge in [0.1, 0.15) is 0 Å². The third-order valence-corrected chi connectivity index (χ3v) is 6.44. The van der Waals surface area contributed by atoms with Crippen LogP contribution in [-0.2, 0) is 10.2 Å². The number of morpholine rings is 1. The van der Waals surface area contributed by atoms with Gasteiger partial charge in [0.25, 0.3) is 0 Å². The lowest BCUT2D eigenvalue weighted by Crippen LogP contribution is -2.53. The lowest BCUT2D eigenvalue weighted by atomic mass is 9.64. The van der Waals surface area contributed by atoms with E-state index in [1.54, 1.807) is 0 Å². The summed E-state index contributed by atoms with van der Waals surface area (Å²) >= 11 is 0. The Hall–Kier alpha value is -0.610. The van der Waals surface area contributed by atoms with Crippen LogP contribution in [0.4, 0.5) is 0 Å². The largest absolute Gasteiger partial charge is 0.379 e. The highest BCUT2D eigenvalue weighted by molar-refractivity contribution is 5.85. The molecule has 24 heavy (non-hydrogen) atoms. The van der Waals surface area contributed by atoms with Crippen molar-refractivity contribution < 1.29 is 4.74 Å². The third kappa shape index (κ3) is 3.65. The second-order valence-corrected chi connectivity index (χ2v) is 7.72. The van der Waals surface area contributed by atoms with Crippen LogP contribution < -0.4 is 10.6 Å². The first-order valence-electron chi connectivity index (χ1n) is 9.47. The topological polar surface area (TPSA) is 33.3 Å². The number of hydrogen-bond acceptors (Lipinski definition) is 3. The van der Waals surface area contributed by atoms with E-state index in [1.165, 1.54) is 44.1 Å². The second kappa shape index (κ2) is 8.18. The van der Waals surface area contributed by atoms with Gasteiger partial charge in [-0.15, -0.1) is 12.4 Å². The number of benzene rings is 1. The fourth-order valence-corrected chi connectivity index (χ4v) is 4.87. The van der Waals surface area contributed by atoms with Crippen LogP contribution >= 0.6 is 12.4 Å². The average Bonchev–Trinajstić information content (AvgIpc) is 3.04. The maximum absolute atomic E-state index is 5.70. The molecule has 3 nitrogen and oxygen atoms in total. The van der Waals surface area contributed by atoms with Crippen molar-refractivity contribution in [3.05, 3.63) is 35.9 Å². The van der Waals surface area contributed by atoms with E-state index in [0.29, 0.717) is 17.5 Å². The van der Waals surface area contributed by atoms with Crippen molar-refractivity contribution in [1.29, 1.82) is 0 Å². The Labute approximate surface area is 152 Å². The van der Waals surface area contributed by atoms with Crippen molar-refractivity contribution >= 4 is 12.4 Å². The monoisotopic (exact) mass is 350 g/mol. The summed E-state index contributed by atoms with van der Waals surface area (Å²) in [6.07, 6.45) is 8.09. The molecular weight excluding hydrogens is 320 g/mol. The average molecular weight is 351 g/mol. The molecule has 3 atom stereocenters. The number of ether oxygens (including phenoxy) is 1. The van der Waals surface area contributed by atoms with Gasteiger partial charge in [0.2, 0.25) is 0 Å². The zero-order chi connectivity index (χ0) is 15.5. The first-order valence-corrected chi connectivity index (χ1v) is 9.47. The summed E-state index contributed by atoms with van der Waals surface area (Å²) < 4.78 is 5.70. The van der Waals surface area contributed by atoms with Gasteiger partial charge in [-0.3, -0.25) is 0 Å². The molecule has 0 radical (unpaired) electrons. The van der Waals surface area contributed by atoms with Crippen molar-refractivity contribution in [2.45, 2.75) is 56.0 Å². The number of nitrogens with one attached hydrogen (secondary N) is 2. The van der Waals surface area contributed by atoms with E-state index in [9.17, 15) is 0 Å². The Balaban J connectivity index is 0.00000169. The van der Waals surface area contributed by atoms with Crippen LogP contribution in [0.2, 0.25) is 0 Å². The fourth-order valence-electron chi connectivity index (χ4n) is 4.87. The molecule has 3 fully saturated rings. The molecule has 1 saturated heterocycles. The Morgan fingerprint density at radius 3 is 2.62 bits per heavy atom. The quantitative estimate of drug-likeness (QED) is 0.855. The third-order valence-electron chi connectivity index (χ3n) is 6.44. The summed E-state index contributed by atoms with van der Waals surface area (Å²) in [5.74, 6) is 0.739. The molecule has 1 aliphatic heterocycles. The van der Waals surface area contributed by atoms with Crippen LogP contribution in [0.15, 0.2) is 30.3 Å². The lowest BCUT2D eigenvalue weighted by Gasteiger charge is -2.44. The molecule has 0 aromatic heterocycles. The zero-order valence-corrected chi connectivity index (χ0v) is 15.3. The van der Waals surface area contributed by atoms with Gasteiger partial charge >= 0.3 is 0 Å². The Morgan fingerprint density at radius 1 is 1.12 bits per heavy atom. The van der Waals surface area contributed by atoms with E-state index in [4.69, 9.17) is 4.74 Å².